The summed E-state index contributed by atoms with van der Waals surface area (Å²) >= 11 is 0. The van der Waals surface area contributed by atoms with Crippen molar-refractivity contribution in [3.63, 3.8) is 0 Å². The van der Waals surface area contributed by atoms with Gasteiger partial charge in [-0.05, 0) is 62.7 Å². The number of sulfonamides is 1. The molecular weight excluding hydrogens is 429 g/mol. The molecule has 0 aromatic heterocycles. The van der Waals surface area contributed by atoms with E-state index in [4.69, 9.17) is 0 Å². The number of hydrogen-bond donors (Lipinski definition) is 1. The molecule has 1 N–H and O–H groups in total. The topological polar surface area (TPSA) is 69.7 Å². The molecule has 1 atom stereocenters. The maximum absolute atomic E-state index is 13.2. The van der Waals surface area contributed by atoms with Gasteiger partial charge in [0.2, 0.25) is 10.0 Å². The highest BCUT2D eigenvalue weighted by Gasteiger charge is 2.28. The van der Waals surface area contributed by atoms with Gasteiger partial charge in [0.1, 0.15) is 5.82 Å². The molecule has 1 unspecified atom stereocenters. The molecule has 2 aromatic carbocycles. The van der Waals surface area contributed by atoms with Crippen molar-refractivity contribution in [3.8, 4) is 0 Å². The maximum Gasteiger partial charge on any atom is 0.243 e. The van der Waals surface area contributed by atoms with Gasteiger partial charge in [0, 0.05) is 31.2 Å². The SMILES string of the molecule is CC1CCN(S(=O)(=O)c2cccc(C(=O)CNCC(c3ccc(F)cc3)N(C)C)c2)CC1. The first-order valence-electron chi connectivity index (χ1n) is 10.9. The maximum atomic E-state index is 13.2. The minimum absolute atomic E-state index is 0.0309. The summed E-state index contributed by atoms with van der Waals surface area (Å²) in [5.74, 6) is 0.0653. The molecule has 1 saturated heterocycles. The summed E-state index contributed by atoms with van der Waals surface area (Å²) in [7, 11) is 0.245. The van der Waals surface area contributed by atoms with Gasteiger partial charge in [-0.1, -0.05) is 31.2 Å². The number of Topliss-reactive ketones (excluding diaryl/α,β-unsaturated/α-hetero) is 1. The van der Waals surface area contributed by atoms with Crippen molar-refractivity contribution < 1.29 is 17.6 Å². The van der Waals surface area contributed by atoms with Gasteiger partial charge in [-0.2, -0.15) is 4.31 Å². The molecule has 1 heterocycles. The molecule has 0 amide bonds. The summed E-state index contributed by atoms with van der Waals surface area (Å²) in [5.41, 5.74) is 1.31. The number of carbonyl (C=O) groups is 1. The molecule has 1 fully saturated rings. The molecule has 0 aliphatic carbocycles. The van der Waals surface area contributed by atoms with Gasteiger partial charge in [0.05, 0.1) is 11.4 Å². The number of piperidine rings is 1. The van der Waals surface area contributed by atoms with Crippen LogP contribution < -0.4 is 5.32 Å². The van der Waals surface area contributed by atoms with Gasteiger partial charge >= 0.3 is 0 Å². The molecule has 8 heteroatoms. The molecule has 32 heavy (non-hydrogen) atoms. The Balaban J connectivity index is 1.63. The summed E-state index contributed by atoms with van der Waals surface area (Å²) in [5, 5.41) is 3.16. The monoisotopic (exact) mass is 461 g/mol. The van der Waals surface area contributed by atoms with Crippen molar-refractivity contribution in [2.75, 3.05) is 40.3 Å². The standard InChI is InChI=1S/C24H32FN3O3S/c1-18-11-13-28(14-12-18)32(30,31)22-6-4-5-20(15-22)24(29)17-26-16-23(27(2)3)19-7-9-21(25)10-8-19/h4-10,15,18,23,26H,11-14,16-17H2,1-3H3. The number of likely N-dealkylation sites (N-methyl/N-ethyl adjacent to an activating group) is 1. The third kappa shape index (κ3) is 6.01. The van der Waals surface area contributed by atoms with Crippen molar-refractivity contribution >= 4 is 15.8 Å². The first-order chi connectivity index (χ1) is 15.2. The van der Waals surface area contributed by atoms with E-state index in [1.807, 2.05) is 19.0 Å². The highest BCUT2D eigenvalue weighted by Crippen LogP contribution is 2.24. The average Bonchev–Trinajstić information content (AvgIpc) is 2.77. The fourth-order valence-corrected chi connectivity index (χ4v) is 5.43. The molecule has 2 aromatic rings. The zero-order chi connectivity index (χ0) is 23.3. The highest BCUT2D eigenvalue weighted by molar-refractivity contribution is 7.89. The molecule has 0 bridgehead atoms. The smallest absolute Gasteiger partial charge is 0.243 e. The van der Waals surface area contributed by atoms with Crippen LogP contribution >= 0.6 is 0 Å². The van der Waals surface area contributed by atoms with Crippen LogP contribution in [0.1, 0.15) is 41.7 Å². The lowest BCUT2D eigenvalue weighted by molar-refractivity contribution is 0.0988. The van der Waals surface area contributed by atoms with Crippen LogP contribution in [0.25, 0.3) is 0 Å². The van der Waals surface area contributed by atoms with Crippen molar-refractivity contribution in [1.29, 1.82) is 0 Å². The Morgan fingerprint density at radius 2 is 1.81 bits per heavy atom. The van der Waals surface area contributed by atoms with Crippen LogP contribution in [-0.2, 0) is 10.0 Å². The van der Waals surface area contributed by atoms with E-state index < -0.39 is 10.0 Å². The molecule has 1 aliphatic rings. The average molecular weight is 462 g/mol. The Bertz CT molecular complexity index is 1020. The predicted molar refractivity (Wildman–Crippen MR) is 124 cm³/mol. The molecular formula is C24H32FN3O3S. The Morgan fingerprint density at radius 3 is 2.44 bits per heavy atom. The number of halogens is 1. The van der Waals surface area contributed by atoms with Gasteiger partial charge in [0.15, 0.2) is 5.78 Å². The van der Waals surface area contributed by atoms with E-state index in [-0.39, 0.29) is 29.1 Å². The molecule has 0 radical (unpaired) electrons. The minimum Gasteiger partial charge on any atom is -0.308 e. The summed E-state index contributed by atoms with van der Waals surface area (Å²) in [6.45, 7) is 3.73. The Morgan fingerprint density at radius 1 is 1.16 bits per heavy atom. The summed E-state index contributed by atoms with van der Waals surface area (Å²) in [6, 6.07) is 12.6. The third-order valence-electron chi connectivity index (χ3n) is 6.04. The lowest BCUT2D eigenvalue weighted by Crippen LogP contribution is -2.38. The van der Waals surface area contributed by atoms with Crippen LogP contribution in [0.3, 0.4) is 0 Å². The van der Waals surface area contributed by atoms with Gasteiger partial charge in [-0.15, -0.1) is 0 Å². The number of nitrogens with zero attached hydrogens (tertiary/aromatic N) is 2. The molecule has 0 saturated carbocycles. The van der Waals surface area contributed by atoms with E-state index in [1.54, 1.807) is 30.3 Å². The second kappa shape index (κ2) is 10.7. The number of hydrogen-bond acceptors (Lipinski definition) is 5. The quantitative estimate of drug-likeness (QED) is 0.580. The molecule has 3 rings (SSSR count). The lowest BCUT2D eigenvalue weighted by atomic mass is 10.0. The number of carbonyl (C=O) groups excluding carboxylic acids is 1. The second-order valence-corrected chi connectivity index (χ2v) is 10.6. The van der Waals surface area contributed by atoms with Crippen molar-refractivity contribution in [2.24, 2.45) is 5.92 Å². The van der Waals surface area contributed by atoms with Gasteiger partial charge in [0.25, 0.3) is 0 Å². The number of nitrogens with one attached hydrogen (secondary N) is 1. The fourth-order valence-electron chi connectivity index (χ4n) is 3.91. The molecule has 6 nitrogen and oxygen atoms in total. The van der Waals surface area contributed by atoms with E-state index in [0.29, 0.717) is 31.1 Å². The predicted octanol–water partition coefficient (Wildman–Crippen LogP) is 3.32. The summed E-state index contributed by atoms with van der Waals surface area (Å²) in [6.07, 6.45) is 1.70. The normalized spacial score (nSPS) is 16.9. The van der Waals surface area contributed by atoms with Crippen molar-refractivity contribution in [1.82, 2.24) is 14.5 Å². The summed E-state index contributed by atoms with van der Waals surface area (Å²) < 4.78 is 40.7. The first kappa shape index (κ1) is 24.5. The van der Waals surface area contributed by atoms with Crippen molar-refractivity contribution in [3.05, 3.63) is 65.5 Å². The van der Waals surface area contributed by atoms with Gasteiger partial charge in [-0.25, -0.2) is 12.8 Å². The summed E-state index contributed by atoms with van der Waals surface area (Å²) in [4.78, 5) is 14.9. The van der Waals surface area contributed by atoms with Crippen LogP contribution in [0, 0.1) is 11.7 Å². The van der Waals surface area contributed by atoms with E-state index in [9.17, 15) is 17.6 Å². The zero-order valence-corrected chi connectivity index (χ0v) is 19.7. The van der Waals surface area contributed by atoms with Crippen LogP contribution in [0.15, 0.2) is 53.4 Å². The first-order valence-corrected chi connectivity index (χ1v) is 12.4. The zero-order valence-electron chi connectivity index (χ0n) is 18.9. The van der Waals surface area contributed by atoms with Crippen LogP contribution in [0.4, 0.5) is 4.39 Å². The van der Waals surface area contributed by atoms with E-state index in [2.05, 4.69) is 12.2 Å². The van der Waals surface area contributed by atoms with Crippen LogP contribution in [0.5, 0.6) is 0 Å². The largest absolute Gasteiger partial charge is 0.308 e. The number of rotatable bonds is 9. The van der Waals surface area contributed by atoms with E-state index >= 15 is 0 Å². The highest BCUT2D eigenvalue weighted by atomic mass is 32.2. The Labute approximate surface area is 190 Å². The number of benzene rings is 2. The molecule has 0 spiro atoms. The second-order valence-electron chi connectivity index (χ2n) is 8.70. The molecule has 1 aliphatic heterocycles. The Hall–Kier alpha value is -2.13. The fraction of sp³-hybridized carbons (Fsp3) is 0.458. The van der Waals surface area contributed by atoms with Crippen molar-refractivity contribution in [2.45, 2.75) is 30.7 Å². The minimum atomic E-state index is -3.60. The van der Waals surface area contributed by atoms with Crippen LogP contribution in [-0.4, -0.2) is 63.7 Å². The van der Waals surface area contributed by atoms with E-state index in [1.165, 1.54) is 22.5 Å². The van der Waals surface area contributed by atoms with Gasteiger partial charge < -0.3 is 10.2 Å². The Kier molecular flexibility index (Phi) is 8.16. The molecule has 174 valence electrons. The number of ketones is 1. The van der Waals surface area contributed by atoms with Crippen LogP contribution in [0.2, 0.25) is 0 Å². The third-order valence-corrected chi connectivity index (χ3v) is 7.93. The van der Waals surface area contributed by atoms with Gasteiger partial charge in [-0.3, -0.25) is 4.79 Å². The van der Waals surface area contributed by atoms with E-state index in [0.717, 1.165) is 18.4 Å². The lowest BCUT2D eigenvalue weighted by Gasteiger charge is -2.29.